The summed E-state index contributed by atoms with van der Waals surface area (Å²) in [6.45, 7) is 10.3. The van der Waals surface area contributed by atoms with Crippen LogP contribution < -0.4 is 0 Å². The van der Waals surface area contributed by atoms with Crippen LogP contribution in [0.25, 0.3) is 50.6 Å². The summed E-state index contributed by atoms with van der Waals surface area (Å²) in [5.74, 6) is 2.24. The molecule has 0 spiro atoms. The normalized spacial score (nSPS) is 12.4. The van der Waals surface area contributed by atoms with E-state index in [-0.39, 0.29) is 5.92 Å². The zero-order valence-electron chi connectivity index (χ0n) is 24.0. The molecule has 0 amide bonds. The van der Waals surface area contributed by atoms with Crippen molar-refractivity contribution in [2.45, 2.75) is 33.1 Å². The van der Waals surface area contributed by atoms with Gasteiger partial charge in [0.25, 0.3) is 0 Å². The van der Waals surface area contributed by atoms with Gasteiger partial charge in [0.05, 0.1) is 0 Å². The van der Waals surface area contributed by atoms with Gasteiger partial charge in [-0.2, -0.15) is 0 Å². The highest BCUT2D eigenvalue weighted by Gasteiger charge is 2.17. The molecular formula is C38H35N3. The average Bonchev–Trinajstić information content (AvgIpc) is 3.05. The van der Waals surface area contributed by atoms with Crippen LogP contribution in [-0.4, -0.2) is 15.0 Å². The van der Waals surface area contributed by atoms with E-state index in [9.17, 15) is 0 Å². The first-order valence-corrected chi connectivity index (χ1v) is 14.2. The summed E-state index contributed by atoms with van der Waals surface area (Å²) in [4.78, 5) is 15.0. The molecule has 4 aromatic carbocycles. The average molecular weight is 534 g/mol. The van der Waals surface area contributed by atoms with Gasteiger partial charge in [-0.15, -0.1) is 0 Å². The standard InChI is InChI=1S/C38H35N3/c1-5-15-28(8-4)36-39-37(32-18-13-10-14-19-32)41-38(40-36)35-25-33(27(6-2)7-3)24-34(26-35)31-22-20-30(21-23-31)29-16-11-9-12-17-29/h5-7,9-26,28H,2,8H2,1,3-4H3/b15-5-,27-7+. The van der Waals surface area contributed by atoms with Crippen LogP contribution in [0.3, 0.4) is 0 Å². The van der Waals surface area contributed by atoms with Crippen molar-refractivity contribution in [3.63, 3.8) is 0 Å². The van der Waals surface area contributed by atoms with Gasteiger partial charge in [-0.05, 0) is 71.9 Å². The fourth-order valence-electron chi connectivity index (χ4n) is 5.02. The van der Waals surface area contributed by atoms with Crippen LogP contribution in [0.1, 0.15) is 44.5 Å². The molecule has 5 aromatic rings. The number of rotatable bonds is 9. The van der Waals surface area contributed by atoms with E-state index < -0.39 is 0 Å². The van der Waals surface area contributed by atoms with Crippen molar-refractivity contribution in [1.29, 1.82) is 0 Å². The first-order chi connectivity index (χ1) is 20.1. The Morgan fingerprint density at radius 3 is 1.76 bits per heavy atom. The molecule has 0 fully saturated rings. The Morgan fingerprint density at radius 2 is 1.20 bits per heavy atom. The Bertz CT molecular complexity index is 1680. The lowest BCUT2D eigenvalue weighted by Crippen LogP contribution is -2.07. The van der Waals surface area contributed by atoms with Gasteiger partial charge in [-0.25, -0.2) is 15.0 Å². The second-order valence-corrected chi connectivity index (χ2v) is 9.94. The van der Waals surface area contributed by atoms with Gasteiger partial charge in [-0.3, -0.25) is 0 Å². The van der Waals surface area contributed by atoms with E-state index >= 15 is 0 Å². The molecule has 0 N–H and O–H groups in total. The fourth-order valence-corrected chi connectivity index (χ4v) is 5.02. The summed E-state index contributed by atoms with van der Waals surface area (Å²) in [7, 11) is 0. The van der Waals surface area contributed by atoms with Gasteiger partial charge in [-0.1, -0.05) is 123 Å². The predicted molar refractivity (Wildman–Crippen MR) is 173 cm³/mol. The fraction of sp³-hybridized carbons (Fsp3) is 0.132. The van der Waals surface area contributed by atoms with Crippen molar-refractivity contribution >= 4 is 5.57 Å². The lowest BCUT2D eigenvalue weighted by atomic mass is 9.94. The maximum atomic E-state index is 5.04. The zero-order valence-corrected chi connectivity index (χ0v) is 24.0. The minimum Gasteiger partial charge on any atom is -0.212 e. The van der Waals surface area contributed by atoms with Gasteiger partial charge in [0, 0.05) is 17.0 Å². The Hall–Kier alpha value is -4.89. The number of allylic oxidation sites excluding steroid dienone is 5. The highest BCUT2D eigenvalue weighted by Crippen LogP contribution is 2.33. The van der Waals surface area contributed by atoms with Gasteiger partial charge >= 0.3 is 0 Å². The molecule has 0 saturated carbocycles. The summed E-state index contributed by atoms with van der Waals surface area (Å²) in [6.07, 6.45) is 9.12. The number of hydrogen-bond acceptors (Lipinski definition) is 3. The minimum atomic E-state index is 0.108. The maximum Gasteiger partial charge on any atom is 0.163 e. The molecule has 1 unspecified atom stereocenters. The predicted octanol–water partition coefficient (Wildman–Crippen LogP) is 10.2. The largest absolute Gasteiger partial charge is 0.212 e. The molecule has 1 atom stereocenters. The molecule has 202 valence electrons. The molecule has 0 radical (unpaired) electrons. The van der Waals surface area contributed by atoms with Crippen molar-refractivity contribution in [3.8, 4) is 45.0 Å². The second kappa shape index (κ2) is 13.0. The van der Waals surface area contributed by atoms with Crippen molar-refractivity contribution in [2.24, 2.45) is 0 Å². The molecule has 0 aliphatic carbocycles. The van der Waals surface area contributed by atoms with Crippen LogP contribution in [0.15, 0.2) is 134 Å². The first-order valence-electron chi connectivity index (χ1n) is 14.2. The minimum absolute atomic E-state index is 0.108. The Labute approximate surface area is 243 Å². The smallest absolute Gasteiger partial charge is 0.163 e. The van der Waals surface area contributed by atoms with E-state index in [0.717, 1.165) is 45.6 Å². The Kier molecular flexibility index (Phi) is 8.76. The molecule has 3 heteroatoms. The third kappa shape index (κ3) is 6.31. The summed E-state index contributed by atoms with van der Waals surface area (Å²) in [5, 5.41) is 0. The number of aromatic nitrogens is 3. The molecule has 0 saturated heterocycles. The summed E-state index contributed by atoms with van der Waals surface area (Å²) in [6, 6.07) is 35.9. The number of benzene rings is 4. The van der Waals surface area contributed by atoms with E-state index in [1.165, 1.54) is 11.1 Å². The molecule has 0 aliphatic heterocycles. The number of hydrogen-bond donors (Lipinski definition) is 0. The molecule has 5 rings (SSSR count). The van der Waals surface area contributed by atoms with Crippen LogP contribution in [-0.2, 0) is 0 Å². The van der Waals surface area contributed by atoms with Crippen molar-refractivity contribution in [1.82, 2.24) is 15.0 Å². The van der Waals surface area contributed by atoms with Gasteiger partial charge in [0.1, 0.15) is 5.82 Å². The van der Waals surface area contributed by atoms with Crippen molar-refractivity contribution in [2.75, 3.05) is 0 Å². The quantitative estimate of drug-likeness (QED) is 0.140. The molecule has 1 heterocycles. The highest BCUT2D eigenvalue weighted by atomic mass is 15.0. The molecular weight excluding hydrogens is 498 g/mol. The maximum absolute atomic E-state index is 5.04. The third-order valence-electron chi connectivity index (χ3n) is 7.26. The van der Waals surface area contributed by atoms with Gasteiger partial charge in [0.2, 0.25) is 0 Å². The van der Waals surface area contributed by atoms with Crippen LogP contribution in [0, 0.1) is 0 Å². The van der Waals surface area contributed by atoms with E-state index in [1.54, 1.807) is 0 Å². The molecule has 0 bridgehead atoms. The van der Waals surface area contributed by atoms with Gasteiger partial charge in [0.15, 0.2) is 11.6 Å². The van der Waals surface area contributed by atoms with Crippen LogP contribution >= 0.6 is 0 Å². The van der Waals surface area contributed by atoms with E-state index in [0.29, 0.717) is 11.6 Å². The molecule has 1 aromatic heterocycles. The summed E-state index contributed by atoms with van der Waals surface area (Å²) < 4.78 is 0. The number of nitrogens with zero attached hydrogens (tertiary/aromatic N) is 3. The van der Waals surface area contributed by atoms with E-state index in [2.05, 4.69) is 98.5 Å². The van der Waals surface area contributed by atoms with Crippen LogP contribution in [0.2, 0.25) is 0 Å². The lowest BCUT2D eigenvalue weighted by molar-refractivity contribution is 0.732. The Balaban J connectivity index is 1.68. The zero-order chi connectivity index (χ0) is 28.6. The molecule has 41 heavy (non-hydrogen) atoms. The summed E-state index contributed by atoms with van der Waals surface area (Å²) in [5.41, 5.74) is 8.68. The third-order valence-corrected chi connectivity index (χ3v) is 7.26. The van der Waals surface area contributed by atoms with Crippen molar-refractivity contribution < 1.29 is 0 Å². The molecule has 0 aliphatic rings. The summed E-state index contributed by atoms with van der Waals surface area (Å²) >= 11 is 0. The first kappa shape index (κ1) is 27.7. The van der Waals surface area contributed by atoms with Crippen LogP contribution in [0.5, 0.6) is 0 Å². The topological polar surface area (TPSA) is 38.7 Å². The second-order valence-electron chi connectivity index (χ2n) is 9.94. The van der Waals surface area contributed by atoms with Crippen molar-refractivity contribution in [3.05, 3.63) is 145 Å². The van der Waals surface area contributed by atoms with E-state index in [1.807, 2.05) is 56.3 Å². The SMILES string of the molecule is C=C/C(=C\C)c1cc(-c2ccc(-c3ccccc3)cc2)cc(-c2nc(-c3ccccc3)nc(C(/C=C\C)CC)n2)c1. The van der Waals surface area contributed by atoms with E-state index in [4.69, 9.17) is 15.0 Å². The highest BCUT2D eigenvalue weighted by molar-refractivity contribution is 5.82. The monoisotopic (exact) mass is 533 g/mol. The lowest BCUT2D eigenvalue weighted by Gasteiger charge is -2.15. The molecule has 3 nitrogen and oxygen atoms in total. The Morgan fingerprint density at radius 1 is 0.659 bits per heavy atom. The van der Waals surface area contributed by atoms with Gasteiger partial charge < -0.3 is 0 Å². The van der Waals surface area contributed by atoms with Crippen LogP contribution in [0.4, 0.5) is 0 Å².